The highest BCUT2D eigenvalue weighted by atomic mass is 19.1. The van der Waals surface area contributed by atoms with Crippen LogP contribution in [0.3, 0.4) is 0 Å². The fraction of sp³-hybridized carbons (Fsp3) is 0.174. The zero-order valence-electron chi connectivity index (χ0n) is 17.1. The predicted octanol–water partition coefficient (Wildman–Crippen LogP) is 4.52. The highest BCUT2D eigenvalue weighted by molar-refractivity contribution is 6.07. The first kappa shape index (κ1) is 21.8. The van der Waals surface area contributed by atoms with Crippen molar-refractivity contribution in [2.45, 2.75) is 13.8 Å². The van der Waals surface area contributed by atoms with E-state index in [0.29, 0.717) is 41.7 Å². The molecule has 3 aromatic rings. The molecular weight excluding hydrogens is 401 g/mol. The Morgan fingerprint density at radius 1 is 0.871 bits per heavy atom. The number of aromatic nitrogens is 1. The third-order valence-electron chi connectivity index (χ3n) is 4.21. The van der Waals surface area contributed by atoms with Gasteiger partial charge in [0.1, 0.15) is 17.3 Å². The zero-order valence-corrected chi connectivity index (χ0v) is 17.1. The molecule has 0 radical (unpaired) electrons. The molecule has 0 unspecified atom stereocenters. The highest BCUT2D eigenvalue weighted by Gasteiger charge is 2.17. The number of nitrogens with one attached hydrogen (secondary N) is 2. The summed E-state index contributed by atoms with van der Waals surface area (Å²) in [5.41, 5.74) is 1.42. The summed E-state index contributed by atoms with van der Waals surface area (Å²) in [7, 11) is 0. The number of halogens is 1. The summed E-state index contributed by atoms with van der Waals surface area (Å²) in [6.07, 6.45) is 3.03. The van der Waals surface area contributed by atoms with E-state index in [4.69, 9.17) is 9.47 Å². The van der Waals surface area contributed by atoms with Gasteiger partial charge in [-0.15, -0.1) is 0 Å². The van der Waals surface area contributed by atoms with Crippen molar-refractivity contribution in [3.8, 4) is 11.5 Å². The molecule has 1 heterocycles. The van der Waals surface area contributed by atoms with Crippen molar-refractivity contribution in [2.24, 2.45) is 0 Å². The molecule has 160 valence electrons. The molecule has 7 nitrogen and oxygen atoms in total. The topological polar surface area (TPSA) is 89.6 Å². The molecule has 3 rings (SSSR count). The number of amides is 2. The average molecular weight is 423 g/mol. The molecule has 0 saturated carbocycles. The standard InChI is InChI=1S/C23H22FN3O4/c1-3-30-20-13-19(27-23(29)16-6-5-11-25-14-16)21(31-4-2)12-18(20)26-22(28)15-7-9-17(24)10-8-15/h5-14H,3-4H2,1-2H3,(H,26,28)(H,27,29). The SMILES string of the molecule is CCOc1cc(NC(=O)c2cccnc2)c(OCC)cc1NC(=O)c1ccc(F)cc1. The van der Waals surface area contributed by atoms with Gasteiger partial charge in [0.25, 0.3) is 11.8 Å². The molecule has 2 aromatic carbocycles. The zero-order chi connectivity index (χ0) is 22.2. The van der Waals surface area contributed by atoms with E-state index in [1.165, 1.54) is 30.5 Å². The van der Waals surface area contributed by atoms with Gasteiger partial charge < -0.3 is 20.1 Å². The Morgan fingerprint density at radius 2 is 1.42 bits per heavy atom. The molecular formula is C23H22FN3O4. The van der Waals surface area contributed by atoms with Gasteiger partial charge in [-0.1, -0.05) is 0 Å². The molecule has 1 aromatic heterocycles. The molecule has 0 fully saturated rings. The van der Waals surface area contributed by atoms with E-state index in [0.717, 1.165) is 0 Å². The number of hydrogen-bond acceptors (Lipinski definition) is 5. The number of rotatable bonds is 8. The van der Waals surface area contributed by atoms with Crippen molar-refractivity contribution < 1.29 is 23.5 Å². The summed E-state index contributed by atoms with van der Waals surface area (Å²) >= 11 is 0. The fourth-order valence-electron chi connectivity index (χ4n) is 2.79. The molecule has 0 aliphatic carbocycles. The van der Waals surface area contributed by atoms with Gasteiger partial charge in [-0.2, -0.15) is 0 Å². The van der Waals surface area contributed by atoms with E-state index in [1.54, 1.807) is 44.3 Å². The molecule has 2 N–H and O–H groups in total. The lowest BCUT2D eigenvalue weighted by atomic mass is 10.1. The summed E-state index contributed by atoms with van der Waals surface area (Å²) in [6.45, 7) is 4.29. The van der Waals surface area contributed by atoms with Gasteiger partial charge in [0.2, 0.25) is 0 Å². The Hall–Kier alpha value is -3.94. The monoisotopic (exact) mass is 423 g/mol. The third kappa shape index (κ3) is 5.57. The largest absolute Gasteiger partial charge is 0.492 e. The van der Waals surface area contributed by atoms with Crippen LogP contribution in [0.2, 0.25) is 0 Å². The van der Waals surface area contributed by atoms with Crippen molar-refractivity contribution >= 4 is 23.2 Å². The average Bonchev–Trinajstić information content (AvgIpc) is 2.77. The van der Waals surface area contributed by atoms with Gasteiger partial charge >= 0.3 is 0 Å². The summed E-state index contributed by atoms with van der Waals surface area (Å²) in [4.78, 5) is 29.1. The molecule has 0 spiro atoms. The predicted molar refractivity (Wildman–Crippen MR) is 115 cm³/mol. The summed E-state index contributed by atoms with van der Waals surface area (Å²) in [5.74, 6) is -0.519. The van der Waals surface area contributed by atoms with E-state index >= 15 is 0 Å². The molecule has 2 amide bonds. The molecule has 0 bridgehead atoms. The smallest absolute Gasteiger partial charge is 0.257 e. The first-order chi connectivity index (χ1) is 15.0. The van der Waals surface area contributed by atoms with Gasteiger partial charge in [-0.25, -0.2) is 4.39 Å². The van der Waals surface area contributed by atoms with Crippen molar-refractivity contribution in [1.29, 1.82) is 0 Å². The maximum absolute atomic E-state index is 13.1. The van der Waals surface area contributed by atoms with Crippen LogP contribution in [0.15, 0.2) is 60.9 Å². The lowest BCUT2D eigenvalue weighted by Crippen LogP contribution is -2.16. The second kappa shape index (κ2) is 10.2. The number of ether oxygens (including phenoxy) is 2. The highest BCUT2D eigenvalue weighted by Crippen LogP contribution is 2.37. The second-order valence-electron chi connectivity index (χ2n) is 6.37. The van der Waals surface area contributed by atoms with Crippen LogP contribution < -0.4 is 20.1 Å². The van der Waals surface area contributed by atoms with Crippen molar-refractivity contribution in [3.05, 3.63) is 77.9 Å². The van der Waals surface area contributed by atoms with Gasteiger partial charge in [0.15, 0.2) is 0 Å². The summed E-state index contributed by atoms with van der Waals surface area (Å²) in [5, 5.41) is 5.54. The minimum absolute atomic E-state index is 0.288. The Morgan fingerprint density at radius 3 is 1.90 bits per heavy atom. The molecule has 0 saturated heterocycles. The number of anilines is 2. The van der Waals surface area contributed by atoms with Crippen molar-refractivity contribution in [2.75, 3.05) is 23.8 Å². The number of carbonyl (C=O) groups is 2. The van der Waals surface area contributed by atoms with Crippen LogP contribution in [0.5, 0.6) is 11.5 Å². The van der Waals surface area contributed by atoms with Crippen LogP contribution in [-0.2, 0) is 0 Å². The van der Waals surface area contributed by atoms with Gasteiger partial charge in [-0.3, -0.25) is 14.6 Å². The Labute approximate surface area is 179 Å². The Kier molecular flexibility index (Phi) is 7.16. The molecule has 8 heteroatoms. The lowest BCUT2D eigenvalue weighted by Gasteiger charge is -2.18. The van der Waals surface area contributed by atoms with Crippen molar-refractivity contribution in [3.63, 3.8) is 0 Å². The van der Waals surface area contributed by atoms with E-state index in [-0.39, 0.29) is 11.5 Å². The Bertz CT molecular complexity index is 1060. The van der Waals surface area contributed by atoms with Crippen LogP contribution in [0, 0.1) is 5.82 Å². The van der Waals surface area contributed by atoms with E-state index < -0.39 is 11.7 Å². The maximum Gasteiger partial charge on any atom is 0.257 e. The number of carbonyl (C=O) groups excluding carboxylic acids is 2. The second-order valence-corrected chi connectivity index (χ2v) is 6.37. The normalized spacial score (nSPS) is 10.3. The van der Waals surface area contributed by atoms with Crippen LogP contribution in [0.25, 0.3) is 0 Å². The van der Waals surface area contributed by atoms with Crippen LogP contribution >= 0.6 is 0 Å². The minimum atomic E-state index is -0.435. The number of benzene rings is 2. The molecule has 0 aliphatic heterocycles. The fourth-order valence-corrected chi connectivity index (χ4v) is 2.79. The van der Waals surface area contributed by atoms with E-state index in [1.807, 2.05) is 0 Å². The van der Waals surface area contributed by atoms with Gasteiger partial charge in [0.05, 0.1) is 30.2 Å². The first-order valence-electron chi connectivity index (χ1n) is 9.73. The van der Waals surface area contributed by atoms with Crippen LogP contribution in [0.1, 0.15) is 34.6 Å². The Balaban J connectivity index is 1.92. The molecule has 31 heavy (non-hydrogen) atoms. The minimum Gasteiger partial charge on any atom is -0.492 e. The maximum atomic E-state index is 13.1. The number of nitrogens with zero attached hydrogens (tertiary/aromatic N) is 1. The van der Waals surface area contributed by atoms with Crippen LogP contribution in [-0.4, -0.2) is 30.0 Å². The van der Waals surface area contributed by atoms with E-state index in [9.17, 15) is 14.0 Å². The van der Waals surface area contributed by atoms with E-state index in [2.05, 4.69) is 15.6 Å². The van der Waals surface area contributed by atoms with Crippen molar-refractivity contribution in [1.82, 2.24) is 4.98 Å². The van der Waals surface area contributed by atoms with Gasteiger partial charge in [-0.05, 0) is 50.2 Å². The molecule has 0 aliphatic rings. The summed E-state index contributed by atoms with van der Waals surface area (Å²) < 4.78 is 24.5. The first-order valence-corrected chi connectivity index (χ1v) is 9.73. The summed E-state index contributed by atoms with van der Waals surface area (Å²) in [6, 6.07) is 11.7. The third-order valence-corrected chi connectivity index (χ3v) is 4.21. The quantitative estimate of drug-likeness (QED) is 0.556. The van der Waals surface area contributed by atoms with Gasteiger partial charge in [0, 0.05) is 30.1 Å². The lowest BCUT2D eigenvalue weighted by molar-refractivity contribution is 0.101. The number of pyridine rings is 1. The molecule has 0 atom stereocenters. The van der Waals surface area contributed by atoms with Crippen LogP contribution in [0.4, 0.5) is 15.8 Å². The number of hydrogen-bond donors (Lipinski definition) is 2.